The third kappa shape index (κ3) is 3.73. The Morgan fingerprint density at radius 2 is 1.77 bits per heavy atom. The van der Waals surface area contributed by atoms with E-state index < -0.39 is 0 Å². The van der Waals surface area contributed by atoms with E-state index in [0.717, 1.165) is 33.2 Å². The molecule has 5 rings (SSSR count). The highest BCUT2D eigenvalue weighted by atomic mass is 16.5. The SMILES string of the molecule is Cc1cccn2cc(-c3ccccc3NC(=O)COc3cccc4ccccc34)nc12. The third-order valence-electron chi connectivity index (χ3n) is 5.26. The summed E-state index contributed by atoms with van der Waals surface area (Å²) in [6.45, 7) is 1.96. The maximum atomic E-state index is 12.7. The molecule has 31 heavy (non-hydrogen) atoms. The van der Waals surface area contributed by atoms with E-state index in [4.69, 9.17) is 9.72 Å². The first-order chi connectivity index (χ1) is 15.2. The van der Waals surface area contributed by atoms with Crippen molar-refractivity contribution in [2.24, 2.45) is 0 Å². The molecule has 0 saturated heterocycles. The van der Waals surface area contributed by atoms with Crippen LogP contribution >= 0.6 is 0 Å². The Kier molecular flexibility index (Phi) is 4.84. The van der Waals surface area contributed by atoms with Crippen LogP contribution in [0.15, 0.2) is 91.3 Å². The van der Waals surface area contributed by atoms with Crippen LogP contribution in [0.5, 0.6) is 5.75 Å². The number of aromatic nitrogens is 2. The van der Waals surface area contributed by atoms with E-state index in [9.17, 15) is 4.79 Å². The Morgan fingerprint density at radius 1 is 0.968 bits per heavy atom. The van der Waals surface area contributed by atoms with Crippen molar-refractivity contribution in [1.29, 1.82) is 0 Å². The summed E-state index contributed by atoms with van der Waals surface area (Å²) >= 11 is 0. The highest BCUT2D eigenvalue weighted by Gasteiger charge is 2.13. The largest absolute Gasteiger partial charge is 0.483 e. The van der Waals surface area contributed by atoms with E-state index in [-0.39, 0.29) is 12.5 Å². The molecule has 5 nitrogen and oxygen atoms in total. The summed E-state index contributed by atoms with van der Waals surface area (Å²) < 4.78 is 7.82. The van der Waals surface area contributed by atoms with Crippen LogP contribution in [0.2, 0.25) is 0 Å². The van der Waals surface area contributed by atoms with Crippen LogP contribution in [-0.4, -0.2) is 21.9 Å². The van der Waals surface area contributed by atoms with Crippen molar-refractivity contribution < 1.29 is 9.53 Å². The van der Waals surface area contributed by atoms with Gasteiger partial charge in [0.25, 0.3) is 5.91 Å². The molecule has 0 bridgehead atoms. The Morgan fingerprint density at radius 3 is 2.68 bits per heavy atom. The molecule has 0 aliphatic carbocycles. The van der Waals surface area contributed by atoms with Gasteiger partial charge in [-0.15, -0.1) is 0 Å². The standard InChI is InChI=1S/C26H21N3O2/c1-18-8-7-15-29-16-23(28-26(18)29)21-12-4-5-13-22(21)27-25(30)17-31-24-14-6-10-19-9-2-3-11-20(19)24/h2-16H,17H2,1H3,(H,27,30). The lowest BCUT2D eigenvalue weighted by molar-refractivity contribution is -0.118. The predicted molar refractivity (Wildman–Crippen MR) is 123 cm³/mol. The molecule has 5 heteroatoms. The number of benzene rings is 3. The lowest BCUT2D eigenvalue weighted by Gasteiger charge is -2.12. The number of ether oxygens (including phenoxy) is 1. The zero-order valence-electron chi connectivity index (χ0n) is 17.1. The number of amides is 1. The smallest absolute Gasteiger partial charge is 0.262 e. The minimum atomic E-state index is -0.222. The van der Waals surface area contributed by atoms with Gasteiger partial charge in [-0.05, 0) is 36.1 Å². The molecule has 2 aromatic heterocycles. The molecule has 0 aliphatic heterocycles. The quantitative estimate of drug-likeness (QED) is 0.420. The van der Waals surface area contributed by atoms with Gasteiger partial charge < -0.3 is 14.5 Å². The van der Waals surface area contributed by atoms with Gasteiger partial charge in [0.05, 0.1) is 11.4 Å². The van der Waals surface area contributed by atoms with E-state index in [2.05, 4.69) is 5.32 Å². The van der Waals surface area contributed by atoms with E-state index >= 15 is 0 Å². The molecular formula is C26H21N3O2. The molecule has 0 radical (unpaired) electrons. The van der Waals surface area contributed by atoms with Crippen molar-refractivity contribution >= 4 is 28.0 Å². The molecule has 2 heterocycles. The number of imidazole rings is 1. The Labute approximate surface area is 179 Å². The van der Waals surface area contributed by atoms with Crippen molar-refractivity contribution in [2.75, 3.05) is 11.9 Å². The number of anilines is 1. The Bertz CT molecular complexity index is 1400. The number of aryl methyl sites for hydroxylation is 1. The molecule has 0 unspecified atom stereocenters. The zero-order valence-corrected chi connectivity index (χ0v) is 17.1. The average Bonchev–Trinajstić information content (AvgIpc) is 3.24. The number of carbonyl (C=O) groups is 1. The number of hydrogen-bond acceptors (Lipinski definition) is 3. The molecular weight excluding hydrogens is 386 g/mol. The van der Waals surface area contributed by atoms with Gasteiger partial charge in [-0.1, -0.05) is 60.7 Å². The van der Waals surface area contributed by atoms with Crippen LogP contribution in [-0.2, 0) is 4.79 Å². The second kappa shape index (κ2) is 7.95. The molecule has 0 spiro atoms. The van der Waals surface area contributed by atoms with Crippen LogP contribution in [0.25, 0.3) is 27.7 Å². The van der Waals surface area contributed by atoms with Crippen LogP contribution < -0.4 is 10.1 Å². The summed E-state index contributed by atoms with van der Waals surface area (Å²) in [5, 5.41) is 5.03. The van der Waals surface area contributed by atoms with Gasteiger partial charge in [-0.25, -0.2) is 4.98 Å². The summed E-state index contributed by atoms with van der Waals surface area (Å²) in [5.41, 5.74) is 4.37. The molecule has 0 aliphatic rings. The molecule has 0 fully saturated rings. The second-order valence-electron chi connectivity index (χ2n) is 7.41. The van der Waals surface area contributed by atoms with Crippen molar-refractivity contribution in [1.82, 2.24) is 9.38 Å². The normalized spacial score (nSPS) is 11.0. The number of pyridine rings is 1. The zero-order chi connectivity index (χ0) is 21.2. The van der Waals surface area contributed by atoms with Crippen LogP contribution in [0.1, 0.15) is 5.56 Å². The number of rotatable bonds is 5. The van der Waals surface area contributed by atoms with E-state index in [1.807, 2.05) is 103 Å². The average molecular weight is 407 g/mol. The first-order valence-corrected chi connectivity index (χ1v) is 10.1. The monoisotopic (exact) mass is 407 g/mol. The van der Waals surface area contributed by atoms with Crippen LogP contribution in [0.4, 0.5) is 5.69 Å². The number of nitrogens with one attached hydrogen (secondary N) is 1. The molecule has 0 atom stereocenters. The van der Waals surface area contributed by atoms with E-state index in [1.165, 1.54) is 0 Å². The van der Waals surface area contributed by atoms with E-state index in [0.29, 0.717) is 11.4 Å². The predicted octanol–water partition coefficient (Wildman–Crippen LogP) is 5.48. The highest BCUT2D eigenvalue weighted by Crippen LogP contribution is 2.28. The number of nitrogens with zero attached hydrogens (tertiary/aromatic N) is 2. The van der Waals surface area contributed by atoms with Crippen molar-refractivity contribution in [2.45, 2.75) is 6.92 Å². The fourth-order valence-electron chi connectivity index (χ4n) is 3.75. The minimum absolute atomic E-state index is 0.0768. The van der Waals surface area contributed by atoms with Gasteiger partial charge in [0.1, 0.15) is 11.4 Å². The molecule has 1 amide bonds. The Balaban J connectivity index is 1.36. The lowest BCUT2D eigenvalue weighted by Crippen LogP contribution is -2.20. The molecule has 1 N–H and O–H groups in total. The second-order valence-corrected chi connectivity index (χ2v) is 7.41. The topological polar surface area (TPSA) is 55.6 Å². The van der Waals surface area contributed by atoms with Crippen LogP contribution in [0, 0.1) is 6.92 Å². The molecule has 152 valence electrons. The Hall–Kier alpha value is -4.12. The molecule has 0 saturated carbocycles. The van der Waals surface area contributed by atoms with Gasteiger partial charge in [0.2, 0.25) is 0 Å². The summed E-state index contributed by atoms with van der Waals surface area (Å²) in [6, 6.07) is 25.5. The fourth-order valence-corrected chi connectivity index (χ4v) is 3.75. The number of hydrogen-bond donors (Lipinski definition) is 1. The lowest BCUT2D eigenvalue weighted by atomic mass is 10.1. The van der Waals surface area contributed by atoms with Gasteiger partial charge in [-0.3, -0.25) is 4.79 Å². The van der Waals surface area contributed by atoms with E-state index in [1.54, 1.807) is 0 Å². The summed E-state index contributed by atoms with van der Waals surface area (Å²) in [6.07, 6.45) is 3.94. The first-order valence-electron chi connectivity index (χ1n) is 10.1. The van der Waals surface area contributed by atoms with Crippen molar-refractivity contribution in [3.63, 3.8) is 0 Å². The van der Waals surface area contributed by atoms with Crippen molar-refractivity contribution in [3.8, 4) is 17.0 Å². The van der Waals surface area contributed by atoms with Gasteiger partial charge >= 0.3 is 0 Å². The summed E-state index contributed by atoms with van der Waals surface area (Å²) in [7, 11) is 0. The first kappa shape index (κ1) is 18.9. The van der Waals surface area contributed by atoms with Crippen molar-refractivity contribution in [3.05, 3.63) is 96.8 Å². The maximum absolute atomic E-state index is 12.7. The maximum Gasteiger partial charge on any atom is 0.262 e. The minimum Gasteiger partial charge on any atom is -0.483 e. The van der Waals surface area contributed by atoms with Gasteiger partial charge in [0, 0.05) is 23.3 Å². The van der Waals surface area contributed by atoms with Gasteiger partial charge in [-0.2, -0.15) is 0 Å². The summed E-state index contributed by atoms with van der Waals surface area (Å²) in [4.78, 5) is 17.4. The highest BCUT2D eigenvalue weighted by molar-refractivity contribution is 5.96. The summed E-state index contributed by atoms with van der Waals surface area (Å²) in [5.74, 6) is 0.470. The molecule has 3 aromatic carbocycles. The molecule has 5 aromatic rings. The van der Waals surface area contributed by atoms with Crippen LogP contribution in [0.3, 0.4) is 0 Å². The fraction of sp³-hybridized carbons (Fsp3) is 0.0769. The van der Waals surface area contributed by atoms with Gasteiger partial charge in [0.15, 0.2) is 6.61 Å². The number of fused-ring (bicyclic) bond motifs is 2. The number of para-hydroxylation sites is 1. The number of carbonyl (C=O) groups excluding carboxylic acids is 1. The third-order valence-corrected chi connectivity index (χ3v) is 5.26.